The van der Waals surface area contributed by atoms with Gasteiger partial charge in [-0.15, -0.1) is 0 Å². The number of hydrogen-bond acceptors (Lipinski definition) is 4. The smallest absolute Gasteiger partial charge is 0.415 e. The van der Waals surface area contributed by atoms with E-state index in [4.69, 9.17) is 9.47 Å². The van der Waals surface area contributed by atoms with E-state index in [1.54, 1.807) is 12.1 Å². The third kappa shape index (κ3) is 4.37. The van der Waals surface area contributed by atoms with Crippen molar-refractivity contribution in [1.82, 2.24) is 0 Å². The van der Waals surface area contributed by atoms with Gasteiger partial charge in [0.25, 0.3) is 0 Å². The Balaban J connectivity index is 2.25. The second kappa shape index (κ2) is 7.99. The summed E-state index contributed by atoms with van der Waals surface area (Å²) in [7, 11) is 0. The summed E-state index contributed by atoms with van der Waals surface area (Å²) < 4.78 is 10.7. The normalized spacial score (nSPS) is 16.2. The van der Waals surface area contributed by atoms with Gasteiger partial charge < -0.3 is 9.47 Å². The van der Waals surface area contributed by atoms with Gasteiger partial charge in [-0.2, -0.15) is 0 Å². The molecular formula is C19H25NO4. The van der Waals surface area contributed by atoms with Crippen LogP contribution in [0, 0.1) is 11.8 Å². The molecule has 2 rings (SSSR count). The van der Waals surface area contributed by atoms with E-state index < -0.39 is 18.1 Å². The summed E-state index contributed by atoms with van der Waals surface area (Å²) in [5.41, 5.74) is 1.52. The van der Waals surface area contributed by atoms with Crippen molar-refractivity contribution in [3.8, 4) is 0 Å². The van der Waals surface area contributed by atoms with Crippen molar-refractivity contribution in [3.63, 3.8) is 0 Å². The SMILES string of the molecule is CC(C)COC(=O)C1C=Cc2ccccc2N1C(=O)OCC(C)C. The van der Waals surface area contributed by atoms with Gasteiger partial charge in [0.2, 0.25) is 0 Å². The van der Waals surface area contributed by atoms with Crippen molar-refractivity contribution in [2.24, 2.45) is 11.8 Å². The highest BCUT2D eigenvalue weighted by Gasteiger charge is 2.35. The molecule has 1 aliphatic rings. The molecule has 0 fully saturated rings. The molecule has 5 nitrogen and oxygen atoms in total. The summed E-state index contributed by atoms with van der Waals surface area (Å²) in [6.45, 7) is 8.48. The zero-order chi connectivity index (χ0) is 17.7. The average Bonchev–Trinajstić information content (AvgIpc) is 2.56. The van der Waals surface area contributed by atoms with Crippen LogP contribution in [0.3, 0.4) is 0 Å². The van der Waals surface area contributed by atoms with Gasteiger partial charge in [0.1, 0.15) is 0 Å². The lowest BCUT2D eigenvalue weighted by atomic mass is 10.0. The Bertz CT molecular complexity index is 622. The van der Waals surface area contributed by atoms with Crippen LogP contribution in [0.25, 0.3) is 6.08 Å². The van der Waals surface area contributed by atoms with Crippen LogP contribution < -0.4 is 4.90 Å². The van der Waals surface area contributed by atoms with E-state index >= 15 is 0 Å². The van der Waals surface area contributed by atoms with E-state index in [1.165, 1.54) is 4.90 Å². The topological polar surface area (TPSA) is 55.8 Å². The molecule has 1 amide bonds. The Morgan fingerprint density at radius 3 is 2.33 bits per heavy atom. The summed E-state index contributed by atoms with van der Waals surface area (Å²) in [4.78, 5) is 26.4. The van der Waals surface area contributed by atoms with Crippen molar-refractivity contribution >= 4 is 23.8 Å². The molecule has 0 aromatic heterocycles. The molecule has 130 valence electrons. The Morgan fingerprint density at radius 1 is 1.04 bits per heavy atom. The number of para-hydroxylation sites is 1. The van der Waals surface area contributed by atoms with Gasteiger partial charge in [-0.25, -0.2) is 9.59 Å². The molecule has 0 bridgehead atoms. The lowest BCUT2D eigenvalue weighted by molar-refractivity contribution is -0.145. The second-order valence-corrected chi connectivity index (χ2v) is 6.73. The predicted octanol–water partition coefficient (Wildman–Crippen LogP) is 3.88. The minimum atomic E-state index is -0.807. The first-order chi connectivity index (χ1) is 11.4. The minimum absolute atomic E-state index is 0.218. The maximum atomic E-state index is 12.6. The number of esters is 1. The predicted molar refractivity (Wildman–Crippen MR) is 93.7 cm³/mol. The zero-order valence-electron chi connectivity index (χ0n) is 14.7. The van der Waals surface area contributed by atoms with Crippen molar-refractivity contribution in [1.29, 1.82) is 0 Å². The van der Waals surface area contributed by atoms with Crippen LogP contribution in [0.5, 0.6) is 0 Å². The maximum absolute atomic E-state index is 12.6. The number of fused-ring (bicyclic) bond motifs is 1. The number of hydrogen-bond donors (Lipinski definition) is 0. The van der Waals surface area contributed by atoms with E-state index in [1.807, 2.05) is 52.0 Å². The number of carbonyl (C=O) groups excluding carboxylic acids is 2. The summed E-state index contributed by atoms with van der Waals surface area (Å²) in [5.74, 6) is 0.00182. The van der Waals surface area contributed by atoms with Crippen molar-refractivity contribution in [3.05, 3.63) is 35.9 Å². The fourth-order valence-corrected chi connectivity index (χ4v) is 2.32. The monoisotopic (exact) mass is 331 g/mol. The molecule has 0 N–H and O–H groups in total. The number of amides is 1. The molecule has 5 heteroatoms. The van der Waals surface area contributed by atoms with Gasteiger partial charge in [0.05, 0.1) is 18.9 Å². The van der Waals surface area contributed by atoms with Crippen LogP contribution in [0.4, 0.5) is 10.5 Å². The molecule has 1 aromatic rings. The summed E-state index contributed by atoms with van der Waals surface area (Å²) in [6, 6.07) is 6.61. The maximum Gasteiger partial charge on any atom is 0.415 e. The quantitative estimate of drug-likeness (QED) is 0.768. The lowest BCUT2D eigenvalue weighted by Gasteiger charge is -2.32. The largest absolute Gasteiger partial charge is 0.464 e. The third-order valence-corrected chi connectivity index (χ3v) is 3.47. The minimum Gasteiger partial charge on any atom is -0.464 e. The molecule has 1 unspecified atom stereocenters. The lowest BCUT2D eigenvalue weighted by Crippen LogP contribution is -2.47. The molecule has 1 aromatic carbocycles. The fraction of sp³-hybridized carbons (Fsp3) is 0.474. The van der Waals surface area contributed by atoms with Crippen LogP contribution in [0.1, 0.15) is 33.3 Å². The molecule has 0 saturated carbocycles. The molecule has 0 spiro atoms. The fourth-order valence-electron chi connectivity index (χ4n) is 2.32. The van der Waals surface area contributed by atoms with Gasteiger partial charge >= 0.3 is 12.1 Å². The number of nitrogens with zero attached hydrogens (tertiary/aromatic N) is 1. The van der Waals surface area contributed by atoms with Crippen LogP contribution in [0.2, 0.25) is 0 Å². The summed E-state index contributed by atoms with van der Waals surface area (Å²) in [5, 5.41) is 0. The van der Waals surface area contributed by atoms with Crippen LogP contribution >= 0.6 is 0 Å². The summed E-state index contributed by atoms with van der Waals surface area (Å²) in [6.07, 6.45) is 2.98. The van der Waals surface area contributed by atoms with E-state index in [2.05, 4.69) is 0 Å². The molecule has 0 saturated heterocycles. The van der Waals surface area contributed by atoms with Gasteiger partial charge in [-0.3, -0.25) is 4.90 Å². The average molecular weight is 331 g/mol. The molecule has 1 atom stereocenters. The van der Waals surface area contributed by atoms with Gasteiger partial charge in [-0.1, -0.05) is 52.0 Å². The zero-order valence-corrected chi connectivity index (χ0v) is 14.7. The highest BCUT2D eigenvalue weighted by molar-refractivity contribution is 6.01. The second-order valence-electron chi connectivity index (χ2n) is 6.73. The molecule has 1 aliphatic heterocycles. The first-order valence-electron chi connectivity index (χ1n) is 8.30. The van der Waals surface area contributed by atoms with Crippen molar-refractivity contribution in [2.45, 2.75) is 33.7 Å². The molecule has 24 heavy (non-hydrogen) atoms. The van der Waals surface area contributed by atoms with E-state index in [-0.39, 0.29) is 11.8 Å². The highest BCUT2D eigenvalue weighted by Crippen LogP contribution is 2.30. The van der Waals surface area contributed by atoms with E-state index in [0.29, 0.717) is 18.9 Å². The van der Waals surface area contributed by atoms with E-state index in [9.17, 15) is 9.59 Å². The Labute approximate surface area is 143 Å². The molecular weight excluding hydrogens is 306 g/mol. The van der Waals surface area contributed by atoms with E-state index in [0.717, 1.165) is 5.56 Å². The van der Waals surface area contributed by atoms with Crippen molar-refractivity contribution < 1.29 is 19.1 Å². The highest BCUT2D eigenvalue weighted by atomic mass is 16.6. The molecule has 1 heterocycles. The first kappa shape index (κ1) is 18.0. The third-order valence-electron chi connectivity index (χ3n) is 3.47. The van der Waals surface area contributed by atoms with Gasteiger partial charge in [0.15, 0.2) is 6.04 Å². The van der Waals surface area contributed by atoms with Crippen LogP contribution in [-0.2, 0) is 14.3 Å². The number of benzene rings is 1. The number of ether oxygens (including phenoxy) is 2. The molecule has 0 aliphatic carbocycles. The standard InChI is InChI=1S/C19H25NO4/c1-13(2)11-23-18(21)17-10-9-15-7-5-6-8-16(15)20(17)19(22)24-12-14(3)4/h5-10,13-14,17H,11-12H2,1-4H3. The van der Waals surface area contributed by atoms with Crippen LogP contribution in [-0.4, -0.2) is 31.3 Å². The Hall–Kier alpha value is -2.30. The van der Waals surface area contributed by atoms with Gasteiger partial charge in [-0.05, 0) is 29.5 Å². The van der Waals surface area contributed by atoms with Crippen LogP contribution in [0.15, 0.2) is 30.3 Å². The van der Waals surface area contributed by atoms with Crippen molar-refractivity contribution in [2.75, 3.05) is 18.1 Å². The number of carbonyl (C=O) groups is 2. The first-order valence-corrected chi connectivity index (χ1v) is 8.30. The summed E-state index contributed by atoms with van der Waals surface area (Å²) >= 11 is 0. The van der Waals surface area contributed by atoms with Gasteiger partial charge in [0, 0.05) is 0 Å². The Kier molecular flexibility index (Phi) is 6.01. The number of anilines is 1. The number of rotatable bonds is 5. The molecule has 0 radical (unpaired) electrons. The Morgan fingerprint density at radius 2 is 1.67 bits per heavy atom.